The molecule has 2 heteroatoms. The largest absolute Gasteiger partial charge is 0.422 e. The first-order chi connectivity index (χ1) is 7.45. The van der Waals surface area contributed by atoms with Crippen molar-refractivity contribution in [2.75, 3.05) is 0 Å². The molecule has 2 rings (SSSR count). The maximum Gasteiger partial charge on any atom is 0.330 e. The maximum atomic E-state index is 6.18. The fourth-order valence-electron chi connectivity index (χ4n) is 2.53. The van der Waals surface area contributed by atoms with Gasteiger partial charge in [-0.15, -0.1) is 0 Å². The van der Waals surface area contributed by atoms with Crippen LogP contribution in [0.25, 0.3) is 0 Å². The summed E-state index contributed by atoms with van der Waals surface area (Å²) >= 11 is 0. The first kappa shape index (κ1) is 11.7. The van der Waals surface area contributed by atoms with E-state index in [1.165, 1.54) is 16.6 Å². The van der Waals surface area contributed by atoms with Gasteiger partial charge in [-0.25, -0.2) is 0 Å². The van der Waals surface area contributed by atoms with Gasteiger partial charge in [-0.05, 0) is 42.7 Å². The zero-order chi connectivity index (χ0) is 11.9. The standard InChI is InChI=1S/C14H21BO/c1-6-11-7-8-13-12(9-11)14(4,5)16-15(13)10(2)3/h7-10H,6H2,1-5H3. The second-order valence-electron chi connectivity index (χ2n) is 5.57. The van der Waals surface area contributed by atoms with Crippen LogP contribution in [0.1, 0.15) is 45.7 Å². The third-order valence-corrected chi connectivity index (χ3v) is 3.51. The van der Waals surface area contributed by atoms with E-state index in [0.29, 0.717) is 5.82 Å². The van der Waals surface area contributed by atoms with Gasteiger partial charge in [0.15, 0.2) is 0 Å². The average molecular weight is 216 g/mol. The van der Waals surface area contributed by atoms with Gasteiger partial charge in [-0.1, -0.05) is 39.0 Å². The highest BCUT2D eigenvalue weighted by molar-refractivity contribution is 6.70. The Balaban J connectivity index is 2.50. The Hall–Kier alpha value is -0.755. The lowest BCUT2D eigenvalue weighted by Gasteiger charge is -2.22. The van der Waals surface area contributed by atoms with Crippen molar-refractivity contribution in [2.45, 2.75) is 52.5 Å². The van der Waals surface area contributed by atoms with Crippen molar-refractivity contribution < 1.29 is 4.65 Å². The van der Waals surface area contributed by atoms with E-state index >= 15 is 0 Å². The van der Waals surface area contributed by atoms with Crippen molar-refractivity contribution in [3.05, 3.63) is 29.3 Å². The fourth-order valence-corrected chi connectivity index (χ4v) is 2.53. The third kappa shape index (κ3) is 1.80. The Morgan fingerprint density at radius 3 is 2.56 bits per heavy atom. The van der Waals surface area contributed by atoms with Crippen LogP contribution < -0.4 is 5.46 Å². The van der Waals surface area contributed by atoms with Gasteiger partial charge in [-0.2, -0.15) is 0 Å². The van der Waals surface area contributed by atoms with Gasteiger partial charge in [0.05, 0.1) is 5.60 Å². The molecule has 0 saturated carbocycles. The van der Waals surface area contributed by atoms with E-state index in [1.54, 1.807) is 0 Å². The molecule has 1 nitrogen and oxygen atoms in total. The van der Waals surface area contributed by atoms with Gasteiger partial charge in [0.1, 0.15) is 0 Å². The van der Waals surface area contributed by atoms with Crippen molar-refractivity contribution in [1.82, 2.24) is 0 Å². The molecule has 0 spiro atoms. The predicted octanol–water partition coefficient (Wildman–Crippen LogP) is 3.12. The minimum atomic E-state index is -0.130. The second kappa shape index (κ2) is 3.92. The highest BCUT2D eigenvalue weighted by atomic mass is 16.5. The number of benzene rings is 1. The molecule has 1 heterocycles. The summed E-state index contributed by atoms with van der Waals surface area (Å²) in [4.78, 5) is 0. The zero-order valence-corrected chi connectivity index (χ0v) is 11.0. The lowest BCUT2D eigenvalue weighted by molar-refractivity contribution is 0.120. The highest BCUT2D eigenvalue weighted by Gasteiger charge is 2.41. The van der Waals surface area contributed by atoms with E-state index in [0.717, 1.165) is 6.42 Å². The monoisotopic (exact) mass is 216 g/mol. The van der Waals surface area contributed by atoms with Crippen molar-refractivity contribution in [3.8, 4) is 0 Å². The molecule has 0 fully saturated rings. The molecule has 0 unspecified atom stereocenters. The number of fused-ring (bicyclic) bond motifs is 1. The smallest absolute Gasteiger partial charge is 0.330 e. The summed E-state index contributed by atoms with van der Waals surface area (Å²) in [5.41, 5.74) is 4.04. The molecule has 0 saturated heterocycles. The van der Waals surface area contributed by atoms with Crippen LogP contribution in [0.5, 0.6) is 0 Å². The average Bonchev–Trinajstić information content (AvgIpc) is 2.51. The lowest BCUT2D eigenvalue weighted by atomic mass is 9.52. The molecular weight excluding hydrogens is 195 g/mol. The molecule has 0 aliphatic carbocycles. The van der Waals surface area contributed by atoms with Gasteiger partial charge >= 0.3 is 6.92 Å². The first-order valence-corrected chi connectivity index (χ1v) is 6.27. The van der Waals surface area contributed by atoms with E-state index in [9.17, 15) is 0 Å². The Kier molecular flexibility index (Phi) is 2.87. The molecule has 1 aliphatic heterocycles. The Morgan fingerprint density at radius 2 is 2.00 bits per heavy atom. The molecule has 0 amide bonds. The quantitative estimate of drug-likeness (QED) is 0.690. The van der Waals surface area contributed by atoms with Crippen molar-refractivity contribution in [3.63, 3.8) is 0 Å². The summed E-state index contributed by atoms with van der Waals surface area (Å²) in [5.74, 6) is 0.535. The molecule has 0 bridgehead atoms. The van der Waals surface area contributed by atoms with E-state index in [-0.39, 0.29) is 12.5 Å². The molecule has 0 aromatic heterocycles. The minimum Gasteiger partial charge on any atom is -0.422 e. The molecule has 1 aromatic rings. The normalized spacial score (nSPS) is 18.0. The first-order valence-electron chi connectivity index (χ1n) is 6.27. The van der Waals surface area contributed by atoms with Crippen molar-refractivity contribution in [2.24, 2.45) is 0 Å². The summed E-state index contributed by atoms with van der Waals surface area (Å²) in [5, 5.41) is 0. The molecule has 1 aliphatic rings. The van der Waals surface area contributed by atoms with E-state index < -0.39 is 0 Å². The summed E-state index contributed by atoms with van der Waals surface area (Å²) in [6.45, 7) is 11.3. The van der Waals surface area contributed by atoms with Crippen LogP contribution in [-0.2, 0) is 16.7 Å². The summed E-state index contributed by atoms with van der Waals surface area (Å²) in [7, 11) is 0. The van der Waals surface area contributed by atoms with E-state index in [4.69, 9.17) is 4.65 Å². The van der Waals surface area contributed by atoms with E-state index in [1.807, 2.05) is 0 Å². The zero-order valence-electron chi connectivity index (χ0n) is 11.0. The highest BCUT2D eigenvalue weighted by Crippen LogP contribution is 2.34. The number of rotatable bonds is 2. The molecule has 0 N–H and O–H groups in total. The van der Waals surface area contributed by atoms with Gasteiger partial charge in [0.25, 0.3) is 0 Å². The fraction of sp³-hybridized carbons (Fsp3) is 0.571. The number of hydrogen-bond acceptors (Lipinski definition) is 1. The Morgan fingerprint density at radius 1 is 1.31 bits per heavy atom. The van der Waals surface area contributed by atoms with Crippen LogP contribution in [0.15, 0.2) is 18.2 Å². The van der Waals surface area contributed by atoms with E-state index in [2.05, 4.69) is 52.8 Å². The van der Waals surface area contributed by atoms with Crippen LogP contribution in [0.3, 0.4) is 0 Å². The SMILES string of the molecule is CCc1ccc2c(c1)C(C)(C)OB2C(C)C. The predicted molar refractivity (Wildman–Crippen MR) is 70.4 cm³/mol. The molecule has 0 atom stereocenters. The van der Waals surface area contributed by atoms with Gasteiger partial charge in [0.2, 0.25) is 0 Å². The minimum absolute atomic E-state index is 0.130. The Labute approximate surface area is 99.3 Å². The van der Waals surface area contributed by atoms with Crippen LogP contribution in [0.4, 0.5) is 0 Å². The number of hydrogen-bond donors (Lipinski definition) is 0. The second-order valence-corrected chi connectivity index (χ2v) is 5.57. The molecule has 0 radical (unpaired) electrons. The Bertz CT molecular complexity index is 396. The van der Waals surface area contributed by atoms with Crippen molar-refractivity contribution in [1.29, 1.82) is 0 Å². The third-order valence-electron chi connectivity index (χ3n) is 3.51. The van der Waals surface area contributed by atoms with Crippen LogP contribution >= 0.6 is 0 Å². The molecular formula is C14H21BO. The van der Waals surface area contributed by atoms with Crippen LogP contribution in [0.2, 0.25) is 5.82 Å². The topological polar surface area (TPSA) is 9.23 Å². The maximum absolute atomic E-state index is 6.18. The van der Waals surface area contributed by atoms with Crippen LogP contribution in [-0.4, -0.2) is 6.92 Å². The molecule has 86 valence electrons. The van der Waals surface area contributed by atoms with Gasteiger partial charge < -0.3 is 4.65 Å². The van der Waals surface area contributed by atoms with Gasteiger partial charge in [-0.3, -0.25) is 0 Å². The summed E-state index contributed by atoms with van der Waals surface area (Å²) in [6.07, 6.45) is 1.09. The molecule has 1 aromatic carbocycles. The lowest BCUT2D eigenvalue weighted by Crippen LogP contribution is -2.32. The van der Waals surface area contributed by atoms with Crippen LogP contribution in [0, 0.1) is 0 Å². The van der Waals surface area contributed by atoms with Gasteiger partial charge in [0, 0.05) is 0 Å². The summed E-state index contributed by atoms with van der Waals surface area (Å²) in [6, 6.07) is 6.81. The number of aryl methyl sites for hydroxylation is 1. The summed E-state index contributed by atoms with van der Waals surface area (Å²) < 4.78 is 6.18. The van der Waals surface area contributed by atoms with Crippen molar-refractivity contribution >= 4 is 12.4 Å². The molecule has 16 heavy (non-hydrogen) atoms.